The number of hydrogen-bond donors (Lipinski definition) is 2. The van der Waals surface area contributed by atoms with Gasteiger partial charge in [0.1, 0.15) is 0 Å². The van der Waals surface area contributed by atoms with E-state index in [1.807, 2.05) is 0 Å². The van der Waals surface area contributed by atoms with E-state index in [4.69, 9.17) is 0 Å². The standard InChI is InChI=1S/C12H22N2O2/c1-9(15)13-7-11-5-3-4-6-12(11)8-14-10(2)16/h11-12H,3-8H2,1-2H3,(H,13,15)(H,14,16). The van der Waals surface area contributed by atoms with Crippen molar-refractivity contribution in [2.24, 2.45) is 11.8 Å². The van der Waals surface area contributed by atoms with Crippen molar-refractivity contribution >= 4 is 11.8 Å². The lowest BCUT2D eigenvalue weighted by Crippen LogP contribution is -2.38. The third kappa shape index (κ3) is 4.64. The van der Waals surface area contributed by atoms with Gasteiger partial charge in [-0.25, -0.2) is 0 Å². The second-order valence-corrected chi connectivity index (χ2v) is 4.68. The molecule has 2 amide bonds. The van der Waals surface area contributed by atoms with Crippen molar-refractivity contribution in [1.29, 1.82) is 0 Å². The van der Waals surface area contributed by atoms with E-state index in [2.05, 4.69) is 10.6 Å². The zero-order chi connectivity index (χ0) is 12.0. The van der Waals surface area contributed by atoms with Gasteiger partial charge in [0.2, 0.25) is 11.8 Å². The lowest BCUT2D eigenvalue weighted by molar-refractivity contribution is -0.120. The first kappa shape index (κ1) is 13.0. The lowest BCUT2D eigenvalue weighted by Gasteiger charge is -2.31. The molecule has 2 atom stereocenters. The second kappa shape index (κ2) is 6.51. The Hall–Kier alpha value is -1.06. The maximum absolute atomic E-state index is 10.9. The van der Waals surface area contributed by atoms with Crippen LogP contribution in [0.15, 0.2) is 0 Å². The van der Waals surface area contributed by atoms with Crippen LogP contribution < -0.4 is 10.6 Å². The summed E-state index contributed by atoms with van der Waals surface area (Å²) in [6, 6.07) is 0. The van der Waals surface area contributed by atoms with Gasteiger partial charge in [0.05, 0.1) is 0 Å². The molecule has 4 nitrogen and oxygen atoms in total. The number of carbonyl (C=O) groups is 2. The number of nitrogens with one attached hydrogen (secondary N) is 2. The Bertz CT molecular complexity index is 227. The molecule has 4 heteroatoms. The van der Waals surface area contributed by atoms with Crippen LogP contribution in [0.25, 0.3) is 0 Å². The second-order valence-electron chi connectivity index (χ2n) is 4.68. The van der Waals surface area contributed by atoms with E-state index < -0.39 is 0 Å². The van der Waals surface area contributed by atoms with E-state index in [1.54, 1.807) is 13.8 Å². The van der Waals surface area contributed by atoms with Crippen molar-refractivity contribution in [1.82, 2.24) is 10.6 Å². The van der Waals surface area contributed by atoms with Gasteiger partial charge in [-0.15, -0.1) is 0 Å². The number of amides is 2. The maximum atomic E-state index is 10.9. The zero-order valence-corrected chi connectivity index (χ0v) is 10.2. The molecular weight excluding hydrogens is 204 g/mol. The molecule has 92 valence electrons. The molecule has 1 fully saturated rings. The van der Waals surface area contributed by atoms with Gasteiger partial charge in [-0.05, 0) is 24.7 Å². The fourth-order valence-corrected chi connectivity index (χ4v) is 2.37. The summed E-state index contributed by atoms with van der Waals surface area (Å²) >= 11 is 0. The molecule has 2 N–H and O–H groups in total. The summed E-state index contributed by atoms with van der Waals surface area (Å²) in [5.74, 6) is 1.10. The van der Waals surface area contributed by atoms with Gasteiger partial charge in [0, 0.05) is 26.9 Å². The predicted molar refractivity (Wildman–Crippen MR) is 62.8 cm³/mol. The zero-order valence-electron chi connectivity index (χ0n) is 10.2. The Morgan fingerprint density at radius 3 is 1.62 bits per heavy atom. The Kier molecular flexibility index (Phi) is 5.29. The third-order valence-corrected chi connectivity index (χ3v) is 3.29. The highest BCUT2D eigenvalue weighted by molar-refractivity contribution is 5.73. The van der Waals surface area contributed by atoms with Crippen molar-refractivity contribution in [3.63, 3.8) is 0 Å². The number of hydrogen-bond acceptors (Lipinski definition) is 2. The summed E-state index contributed by atoms with van der Waals surface area (Å²) in [5, 5.41) is 5.76. The molecule has 1 rings (SSSR count). The van der Waals surface area contributed by atoms with Crippen molar-refractivity contribution in [2.45, 2.75) is 39.5 Å². The smallest absolute Gasteiger partial charge is 0.216 e. The van der Waals surface area contributed by atoms with E-state index in [-0.39, 0.29) is 11.8 Å². The fraction of sp³-hybridized carbons (Fsp3) is 0.833. The normalized spacial score (nSPS) is 24.9. The SMILES string of the molecule is CC(=O)NCC1CCCCC1CNC(C)=O. The first-order valence-corrected chi connectivity index (χ1v) is 6.08. The van der Waals surface area contributed by atoms with E-state index in [0.29, 0.717) is 11.8 Å². The highest BCUT2D eigenvalue weighted by Gasteiger charge is 2.25. The van der Waals surface area contributed by atoms with Crippen molar-refractivity contribution < 1.29 is 9.59 Å². The summed E-state index contributed by atoms with van der Waals surface area (Å²) in [4.78, 5) is 21.8. The summed E-state index contributed by atoms with van der Waals surface area (Å²) in [6.45, 7) is 4.59. The summed E-state index contributed by atoms with van der Waals surface area (Å²) in [6.07, 6.45) is 4.79. The van der Waals surface area contributed by atoms with Crippen LogP contribution in [0.5, 0.6) is 0 Å². The third-order valence-electron chi connectivity index (χ3n) is 3.29. The number of carbonyl (C=O) groups excluding carboxylic acids is 2. The minimum Gasteiger partial charge on any atom is -0.356 e. The molecule has 16 heavy (non-hydrogen) atoms. The molecule has 1 saturated carbocycles. The summed E-state index contributed by atoms with van der Waals surface area (Å²) in [5.41, 5.74) is 0. The van der Waals surface area contributed by atoms with E-state index >= 15 is 0 Å². The van der Waals surface area contributed by atoms with Gasteiger partial charge in [0.15, 0.2) is 0 Å². The molecule has 0 aromatic carbocycles. The molecule has 0 aromatic heterocycles. The Morgan fingerprint density at radius 2 is 1.31 bits per heavy atom. The molecule has 0 bridgehead atoms. The van der Waals surface area contributed by atoms with Gasteiger partial charge >= 0.3 is 0 Å². The van der Waals surface area contributed by atoms with E-state index in [9.17, 15) is 9.59 Å². The topological polar surface area (TPSA) is 58.2 Å². The van der Waals surface area contributed by atoms with E-state index in [1.165, 1.54) is 12.8 Å². The van der Waals surface area contributed by atoms with Crippen LogP contribution in [0.3, 0.4) is 0 Å². The predicted octanol–water partition coefficient (Wildman–Crippen LogP) is 1.06. The Labute approximate surface area is 97.2 Å². The molecule has 0 saturated heterocycles. The molecular formula is C12H22N2O2. The number of rotatable bonds is 4. The highest BCUT2D eigenvalue weighted by Crippen LogP contribution is 2.29. The molecule has 0 aliphatic heterocycles. The molecule has 1 aliphatic rings. The molecule has 2 unspecified atom stereocenters. The van der Waals surface area contributed by atoms with Gasteiger partial charge in [0.25, 0.3) is 0 Å². The minimum atomic E-state index is 0.0313. The van der Waals surface area contributed by atoms with Crippen molar-refractivity contribution in [3.05, 3.63) is 0 Å². The van der Waals surface area contributed by atoms with Gasteiger partial charge in [-0.2, -0.15) is 0 Å². The monoisotopic (exact) mass is 226 g/mol. The average Bonchev–Trinajstić information content (AvgIpc) is 2.24. The molecule has 0 radical (unpaired) electrons. The van der Waals surface area contributed by atoms with Crippen LogP contribution in [0.2, 0.25) is 0 Å². The molecule has 0 aromatic rings. The van der Waals surface area contributed by atoms with Gasteiger partial charge < -0.3 is 10.6 Å². The molecule has 0 spiro atoms. The van der Waals surface area contributed by atoms with Crippen molar-refractivity contribution in [2.75, 3.05) is 13.1 Å². The van der Waals surface area contributed by atoms with Crippen LogP contribution in [-0.2, 0) is 9.59 Å². The maximum Gasteiger partial charge on any atom is 0.216 e. The highest BCUT2D eigenvalue weighted by atomic mass is 16.2. The van der Waals surface area contributed by atoms with Gasteiger partial charge in [-0.1, -0.05) is 12.8 Å². The average molecular weight is 226 g/mol. The van der Waals surface area contributed by atoms with Crippen LogP contribution in [-0.4, -0.2) is 24.9 Å². The fourth-order valence-electron chi connectivity index (χ4n) is 2.37. The van der Waals surface area contributed by atoms with Crippen LogP contribution in [0.1, 0.15) is 39.5 Å². The minimum absolute atomic E-state index is 0.0313. The van der Waals surface area contributed by atoms with Crippen LogP contribution in [0, 0.1) is 11.8 Å². The summed E-state index contributed by atoms with van der Waals surface area (Å²) in [7, 11) is 0. The first-order valence-electron chi connectivity index (χ1n) is 6.08. The largest absolute Gasteiger partial charge is 0.356 e. The van der Waals surface area contributed by atoms with Crippen LogP contribution >= 0.6 is 0 Å². The summed E-state index contributed by atoms with van der Waals surface area (Å²) < 4.78 is 0. The van der Waals surface area contributed by atoms with E-state index in [0.717, 1.165) is 25.9 Å². The molecule has 0 heterocycles. The lowest BCUT2D eigenvalue weighted by atomic mass is 9.79. The quantitative estimate of drug-likeness (QED) is 0.753. The Balaban J connectivity index is 2.37. The van der Waals surface area contributed by atoms with Crippen molar-refractivity contribution in [3.8, 4) is 0 Å². The van der Waals surface area contributed by atoms with Crippen LogP contribution in [0.4, 0.5) is 0 Å². The Morgan fingerprint density at radius 1 is 0.938 bits per heavy atom. The molecule has 1 aliphatic carbocycles. The van der Waals surface area contributed by atoms with Gasteiger partial charge in [-0.3, -0.25) is 9.59 Å². The first-order chi connectivity index (χ1) is 7.59.